The van der Waals surface area contributed by atoms with Gasteiger partial charge in [0.15, 0.2) is 11.6 Å². The van der Waals surface area contributed by atoms with Crippen molar-refractivity contribution >= 4 is 21.5 Å². The van der Waals surface area contributed by atoms with E-state index in [1.165, 1.54) is 77.0 Å². The summed E-state index contributed by atoms with van der Waals surface area (Å²) in [6.45, 7) is 5.82. The second kappa shape index (κ2) is 16.5. The van der Waals surface area contributed by atoms with E-state index in [0.29, 0.717) is 17.7 Å². The number of hydrogen-bond donors (Lipinski definition) is 0. The fourth-order valence-electron chi connectivity index (χ4n) is 4.94. The molecule has 36 heavy (non-hydrogen) atoms. The maximum Gasteiger partial charge on any atom is 0.172 e. The molecule has 0 aromatic heterocycles. The van der Waals surface area contributed by atoms with E-state index in [4.69, 9.17) is 9.47 Å². The molecule has 3 heteroatoms. The lowest BCUT2D eigenvalue weighted by Gasteiger charge is -2.12. The van der Waals surface area contributed by atoms with Crippen molar-refractivity contribution in [3.05, 3.63) is 48.3 Å². The topological polar surface area (TPSA) is 18.5 Å². The van der Waals surface area contributed by atoms with Crippen LogP contribution in [0, 0.1) is 5.82 Å². The van der Waals surface area contributed by atoms with Crippen molar-refractivity contribution in [2.75, 3.05) is 13.2 Å². The molecule has 0 unspecified atom stereocenters. The Bertz CT molecular complexity index is 1030. The van der Waals surface area contributed by atoms with E-state index < -0.39 is 0 Å². The lowest BCUT2D eigenvalue weighted by Crippen LogP contribution is -2.00. The number of ether oxygens (including phenoxy) is 2. The fourth-order valence-corrected chi connectivity index (χ4v) is 4.94. The predicted octanol–water partition coefficient (Wildman–Crippen LogP) is 10.8. The summed E-state index contributed by atoms with van der Waals surface area (Å²) in [6.07, 6.45) is 18.9. The van der Waals surface area contributed by atoms with Crippen molar-refractivity contribution in [1.82, 2.24) is 0 Å². The fraction of sp³-hybridized carbons (Fsp3) is 0.576. The zero-order chi connectivity index (χ0) is 25.4. The molecule has 0 amide bonds. The number of halogens is 1. The highest BCUT2D eigenvalue weighted by atomic mass is 19.1. The largest absolute Gasteiger partial charge is 0.494 e. The van der Waals surface area contributed by atoms with Crippen molar-refractivity contribution in [2.24, 2.45) is 0 Å². The number of hydrogen-bond acceptors (Lipinski definition) is 2. The third-order valence-electron chi connectivity index (χ3n) is 7.16. The molecule has 0 bridgehead atoms. The molecule has 2 nitrogen and oxygen atoms in total. The molecule has 0 heterocycles. The molecule has 0 spiro atoms. The van der Waals surface area contributed by atoms with Gasteiger partial charge in [0.25, 0.3) is 0 Å². The zero-order valence-corrected chi connectivity index (χ0v) is 22.8. The van der Waals surface area contributed by atoms with Gasteiger partial charge in [-0.15, -0.1) is 0 Å². The van der Waals surface area contributed by atoms with Gasteiger partial charge in [-0.25, -0.2) is 4.39 Å². The third-order valence-corrected chi connectivity index (χ3v) is 7.16. The van der Waals surface area contributed by atoms with Crippen molar-refractivity contribution < 1.29 is 13.9 Å². The number of unbranched alkanes of at least 4 members (excludes halogenated alkanes) is 13. The van der Waals surface area contributed by atoms with E-state index in [-0.39, 0.29) is 5.82 Å². The first kappa shape index (κ1) is 28.3. The Morgan fingerprint density at radius 1 is 0.528 bits per heavy atom. The molecule has 0 saturated heterocycles. The zero-order valence-electron chi connectivity index (χ0n) is 22.8. The molecule has 0 aliphatic rings. The SMILES string of the molecule is CCCCCCCCCCOc1ccc2c(ccc3c(F)c(OCCCCCCCCC)ccc32)c1. The average molecular weight is 495 g/mol. The molecular formula is C33H47FO2. The molecule has 0 atom stereocenters. The molecular weight excluding hydrogens is 447 g/mol. The molecule has 0 aliphatic heterocycles. The first-order valence-corrected chi connectivity index (χ1v) is 14.6. The second-order valence-corrected chi connectivity index (χ2v) is 10.2. The first-order valence-electron chi connectivity index (χ1n) is 14.6. The molecule has 0 radical (unpaired) electrons. The van der Waals surface area contributed by atoms with Crippen molar-refractivity contribution in [1.29, 1.82) is 0 Å². The van der Waals surface area contributed by atoms with E-state index in [1.807, 2.05) is 24.3 Å². The maximum atomic E-state index is 15.2. The molecule has 3 aromatic carbocycles. The molecule has 0 N–H and O–H groups in total. The van der Waals surface area contributed by atoms with Crippen LogP contribution in [0.5, 0.6) is 11.5 Å². The van der Waals surface area contributed by atoms with Crippen LogP contribution in [0.2, 0.25) is 0 Å². The molecule has 0 fully saturated rings. The highest BCUT2D eigenvalue weighted by Gasteiger charge is 2.11. The Labute approximate surface area is 218 Å². The summed E-state index contributed by atoms with van der Waals surface area (Å²) in [4.78, 5) is 0. The van der Waals surface area contributed by atoms with Gasteiger partial charge in [0.2, 0.25) is 0 Å². The minimum absolute atomic E-state index is 0.257. The highest BCUT2D eigenvalue weighted by molar-refractivity contribution is 6.08. The van der Waals surface area contributed by atoms with Crippen molar-refractivity contribution in [2.45, 2.75) is 110 Å². The lowest BCUT2D eigenvalue weighted by molar-refractivity contribution is 0.291. The van der Waals surface area contributed by atoms with Crippen LogP contribution < -0.4 is 9.47 Å². The Hall–Kier alpha value is -2.29. The summed E-state index contributed by atoms with van der Waals surface area (Å²) in [7, 11) is 0. The summed E-state index contributed by atoms with van der Waals surface area (Å²) in [5.41, 5.74) is 0. The lowest BCUT2D eigenvalue weighted by atomic mass is 10.0. The van der Waals surface area contributed by atoms with Gasteiger partial charge in [-0.05, 0) is 53.3 Å². The number of fused-ring (bicyclic) bond motifs is 3. The second-order valence-electron chi connectivity index (χ2n) is 10.2. The van der Waals surface area contributed by atoms with Crippen molar-refractivity contribution in [3.63, 3.8) is 0 Å². The first-order chi connectivity index (χ1) is 17.7. The monoisotopic (exact) mass is 494 g/mol. The van der Waals surface area contributed by atoms with Crippen LogP contribution in [0.25, 0.3) is 21.5 Å². The molecule has 3 rings (SSSR count). The summed E-state index contributed by atoms with van der Waals surface area (Å²) in [5, 5.41) is 3.66. The summed E-state index contributed by atoms with van der Waals surface area (Å²) < 4.78 is 27.0. The van der Waals surface area contributed by atoms with Crippen LogP contribution in [-0.4, -0.2) is 13.2 Å². The molecule has 3 aromatic rings. The third kappa shape index (κ3) is 8.98. The van der Waals surface area contributed by atoms with E-state index in [2.05, 4.69) is 26.0 Å². The van der Waals surface area contributed by atoms with Gasteiger partial charge in [0, 0.05) is 5.39 Å². The quantitative estimate of drug-likeness (QED) is 0.122. The number of benzene rings is 3. The summed E-state index contributed by atoms with van der Waals surface area (Å²) in [5.74, 6) is 0.991. The number of rotatable bonds is 19. The molecule has 198 valence electrons. The van der Waals surface area contributed by atoms with Crippen LogP contribution in [-0.2, 0) is 0 Å². The van der Waals surface area contributed by atoms with Gasteiger partial charge in [-0.3, -0.25) is 0 Å². The van der Waals surface area contributed by atoms with Crippen LogP contribution in [0.15, 0.2) is 42.5 Å². The van der Waals surface area contributed by atoms with Gasteiger partial charge >= 0.3 is 0 Å². The Kier molecular flexibility index (Phi) is 12.9. The average Bonchev–Trinajstić information content (AvgIpc) is 2.90. The van der Waals surface area contributed by atoms with Gasteiger partial charge in [0.05, 0.1) is 13.2 Å². The van der Waals surface area contributed by atoms with Gasteiger partial charge in [-0.1, -0.05) is 116 Å². The van der Waals surface area contributed by atoms with E-state index in [9.17, 15) is 0 Å². The van der Waals surface area contributed by atoms with Crippen LogP contribution in [0.3, 0.4) is 0 Å². The van der Waals surface area contributed by atoms with Crippen LogP contribution >= 0.6 is 0 Å². The Morgan fingerprint density at radius 2 is 1.06 bits per heavy atom. The van der Waals surface area contributed by atoms with Gasteiger partial charge in [-0.2, -0.15) is 0 Å². The van der Waals surface area contributed by atoms with E-state index >= 15 is 4.39 Å². The Morgan fingerprint density at radius 3 is 1.69 bits per heavy atom. The highest BCUT2D eigenvalue weighted by Crippen LogP contribution is 2.33. The van der Waals surface area contributed by atoms with Crippen LogP contribution in [0.4, 0.5) is 4.39 Å². The van der Waals surface area contributed by atoms with Gasteiger partial charge < -0.3 is 9.47 Å². The summed E-state index contributed by atoms with van der Waals surface area (Å²) in [6, 6.07) is 13.8. The normalized spacial score (nSPS) is 11.4. The van der Waals surface area contributed by atoms with Crippen LogP contribution in [0.1, 0.15) is 110 Å². The predicted molar refractivity (Wildman–Crippen MR) is 153 cm³/mol. The molecule has 0 saturated carbocycles. The minimum atomic E-state index is -0.257. The van der Waals surface area contributed by atoms with E-state index in [0.717, 1.165) is 47.8 Å². The minimum Gasteiger partial charge on any atom is -0.494 e. The van der Waals surface area contributed by atoms with Crippen molar-refractivity contribution in [3.8, 4) is 11.5 Å². The Balaban J connectivity index is 1.48. The summed E-state index contributed by atoms with van der Waals surface area (Å²) >= 11 is 0. The van der Waals surface area contributed by atoms with Gasteiger partial charge in [0.1, 0.15) is 5.75 Å². The smallest absolute Gasteiger partial charge is 0.172 e. The molecule has 0 aliphatic carbocycles. The van der Waals surface area contributed by atoms with E-state index in [1.54, 1.807) is 6.07 Å². The maximum absolute atomic E-state index is 15.2. The standard InChI is InChI=1S/C33H47FO2/c1-3-5-7-9-11-13-14-16-24-35-28-19-21-29-27(26-28)18-20-31-30(29)22-23-32(33(31)34)36-25-17-15-12-10-8-6-4-2/h18-23,26H,3-17,24-25H2,1-2H3.